The van der Waals surface area contributed by atoms with Crippen LogP contribution in [0, 0.1) is 0 Å². The molecule has 2 aromatic carbocycles. The van der Waals surface area contributed by atoms with Gasteiger partial charge in [0.2, 0.25) is 0 Å². The number of aryl methyl sites for hydroxylation is 1. The molecule has 0 aliphatic rings. The molecule has 1 aromatic heterocycles. The number of hydrogen-bond donors (Lipinski definition) is 1. The summed E-state index contributed by atoms with van der Waals surface area (Å²) < 4.78 is 4.15. The molecule has 5 heteroatoms. The summed E-state index contributed by atoms with van der Waals surface area (Å²) in [4.78, 5) is 4.79. The SMILES string of the molecule is Cn1c(-c2cc(Br)ccc2Br)nc2c(CN)cccc21. The number of hydrogen-bond acceptors (Lipinski definition) is 2. The summed E-state index contributed by atoms with van der Waals surface area (Å²) in [6.07, 6.45) is 0. The highest BCUT2D eigenvalue weighted by Gasteiger charge is 2.14. The lowest BCUT2D eigenvalue weighted by Crippen LogP contribution is -1.97. The number of rotatable bonds is 2. The number of aromatic nitrogens is 2. The van der Waals surface area contributed by atoms with Gasteiger partial charge in [-0.25, -0.2) is 4.98 Å². The van der Waals surface area contributed by atoms with Gasteiger partial charge in [-0.05, 0) is 29.8 Å². The van der Waals surface area contributed by atoms with Crippen LogP contribution in [0.3, 0.4) is 0 Å². The molecule has 0 amide bonds. The van der Waals surface area contributed by atoms with E-state index in [1.807, 2.05) is 31.3 Å². The van der Waals surface area contributed by atoms with Gasteiger partial charge in [-0.3, -0.25) is 0 Å². The van der Waals surface area contributed by atoms with E-state index in [4.69, 9.17) is 10.7 Å². The van der Waals surface area contributed by atoms with Crippen LogP contribution in [-0.2, 0) is 13.6 Å². The van der Waals surface area contributed by atoms with Gasteiger partial charge in [0.15, 0.2) is 0 Å². The van der Waals surface area contributed by atoms with E-state index < -0.39 is 0 Å². The van der Waals surface area contributed by atoms with Gasteiger partial charge >= 0.3 is 0 Å². The Kier molecular flexibility index (Phi) is 3.67. The summed E-state index contributed by atoms with van der Waals surface area (Å²) in [6.45, 7) is 0.493. The number of para-hydroxylation sites is 1. The van der Waals surface area contributed by atoms with Crippen LogP contribution >= 0.6 is 31.9 Å². The van der Waals surface area contributed by atoms with Gasteiger partial charge in [-0.15, -0.1) is 0 Å². The Morgan fingerprint density at radius 3 is 2.75 bits per heavy atom. The topological polar surface area (TPSA) is 43.8 Å². The van der Waals surface area contributed by atoms with Crippen LogP contribution in [0.25, 0.3) is 22.4 Å². The Balaban J connectivity index is 2.32. The second-order valence-electron chi connectivity index (χ2n) is 4.61. The lowest BCUT2D eigenvalue weighted by Gasteiger charge is -2.05. The lowest BCUT2D eigenvalue weighted by molar-refractivity contribution is 0.958. The Hall–Kier alpha value is -1.17. The second-order valence-corrected chi connectivity index (χ2v) is 6.38. The number of benzene rings is 2. The van der Waals surface area contributed by atoms with Crippen molar-refractivity contribution in [2.45, 2.75) is 6.54 Å². The van der Waals surface area contributed by atoms with E-state index in [-0.39, 0.29) is 0 Å². The molecule has 2 N–H and O–H groups in total. The summed E-state index contributed by atoms with van der Waals surface area (Å²) in [5.41, 5.74) is 9.99. The predicted octanol–water partition coefficient (Wildman–Crippen LogP) is 4.22. The fraction of sp³-hybridized carbons (Fsp3) is 0.133. The number of imidazole rings is 1. The molecule has 3 aromatic rings. The van der Waals surface area contributed by atoms with Crippen molar-refractivity contribution in [3.63, 3.8) is 0 Å². The zero-order valence-corrected chi connectivity index (χ0v) is 14.1. The first-order chi connectivity index (χ1) is 9.61. The standard InChI is InChI=1S/C15H13Br2N3/c1-20-13-4-2-3-9(8-18)14(13)19-15(20)11-7-10(16)5-6-12(11)17/h2-7H,8,18H2,1H3. The minimum absolute atomic E-state index is 0.493. The highest BCUT2D eigenvalue weighted by atomic mass is 79.9. The molecule has 20 heavy (non-hydrogen) atoms. The van der Waals surface area contributed by atoms with Crippen molar-refractivity contribution >= 4 is 42.9 Å². The molecule has 0 saturated carbocycles. The fourth-order valence-corrected chi connectivity index (χ4v) is 3.13. The van der Waals surface area contributed by atoms with Crippen LogP contribution in [-0.4, -0.2) is 9.55 Å². The lowest BCUT2D eigenvalue weighted by atomic mass is 10.2. The summed E-state index contributed by atoms with van der Waals surface area (Å²) in [5.74, 6) is 0.925. The van der Waals surface area contributed by atoms with Crippen LogP contribution in [0.15, 0.2) is 45.3 Å². The van der Waals surface area contributed by atoms with Crippen molar-refractivity contribution in [3.05, 3.63) is 50.9 Å². The number of nitrogens with two attached hydrogens (primary N) is 1. The Bertz CT molecular complexity index is 793. The molecule has 0 unspecified atom stereocenters. The molecular formula is C15H13Br2N3. The average Bonchev–Trinajstić information content (AvgIpc) is 2.79. The summed E-state index contributed by atoms with van der Waals surface area (Å²) in [7, 11) is 2.03. The van der Waals surface area contributed by atoms with Crippen LogP contribution < -0.4 is 5.73 Å². The number of halogens is 2. The third-order valence-electron chi connectivity index (χ3n) is 3.38. The van der Waals surface area contributed by atoms with Crippen LogP contribution in [0.4, 0.5) is 0 Å². The number of nitrogens with zero attached hydrogens (tertiary/aromatic N) is 2. The van der Waals surface area contributed by atoms with Gasteiger partial charge in [-0.2, -0.15) is 0 Å². The molecule has 102 valence electrons. The molecule has 0 saturated heterocycles. The largest absolute Gasteiger partial charge is 0.327 e. The van der Waals surface area contributed by atoms with Gasteiger partial charge in [-0.1, -0.05) is 44.0 Å². The van der Waals surface area contributed by atoms with Crippen molar-refractivity contribution in [1.82, 2.24) is 9.55 Å². The molecule has 3 rings (SSSR count). The Labute approximate surface area is 134 Å². The molecular weight excluding hydrogens is 382 g/mol. The first-order valence-electron chi connectivity index (χ1n) is 6.21. The molecule has 0 atom stereocenters. The Morgan fingerprint density at radius 1 is 1.20 bits per heavy atom. The highest BCUT2D eigenvalue weighted by Crippen LogP contribution is 2.32. The van der Waals surface area contributed by atoms with Crippen LogP contribution in [0.2, 0.25) is 0 Å². The normalized spacial score (nSPS) is 11.2. The fourth-order valence-electron chi connectivity index (χ4n) is 2.35. The van der Waals surface area contributed by atoms with Crippen molar-refractivity contribution in [1.29, 1.82) is 0 Å². The minimum Gasteiger partial charge on any atom is -0.327 e. The van der Waals surface area contributed by atoms with Crippen molar-refractivity contribution in [2.75, 3.05) is 0 Å². The molecule has 0 bridgehead atoms. The van der Waals surface area contributed by atoms with Gasteiger partial charge in [0, 0.05) is 28.1 Å². The Morgan fingerprint density at radius 2 is 2.00 bits per heavy atom. The van der Waals surface area contributed by atoms with Gasteiger partial charge in [0.05, 0.1) is 11.0 Å². The molecule has 0 spiro atoms. The molecule has 3 nitrogen and oxygen atoms in total. The van der Waals surface area contributed by atoms with Crippen LogP contribution in [0.1, 0.15) is 5.56 Å². The quantitative estimate of drug-likeness (QED) is 0.706. The molecule has 0 aliphatic heterocycles. The highest BCUT2D eigenvalue weighted by molar-refractivity contribution is 9.11. The monoisotopic (exact) mass is 393 g/mol. The van der Waals surface area contributed by atoms with E-state index in [9.17, 15) is 0 Å². The van der Waals surface area contributed by atoms with Gasteiger partial charge in [0.25, 0.3) is 0 Å². The van der Waals surface area contributed by atoms with E-state index in [0.717, 1.165) is 36.9 Å². The second kappa shape index (κ2) is 5.31. The summed E-state index contributed by atoms with van der Waals surface area (Å²) in [6, 6.07) is 12.2. The third-order valence-corrected chi connectivity index (χ3v) is 4.57. The van der Waals surface area contributed by atoms with Gasteiger partial charge < -0.3 is 10.3 Å². The molecule has 0 fully saturated rings. The average molecular weight is 395 g/mol. The third kappa shape index (κ3) is 2.20. The number of fused-ring (bicyclic) bond motifs is 1. The summed E-state index contributed by atoms with van der Waals surface area (Å²) in [5, 5.41) is 0. The first-order valence-corrected chi connectivity index (χ1v) is 7.80. The maximum atomic E-state index is 5.80. The molecule has 0 aliphatic carbocycles. The predicted molar refractivity (Wildman–Crippen MR) is 89.4 cm³/mol. The van der Waals surface area contributed by atoms with Gasteiger partial charge in [0.1, 0.15) is 5.82 Å². The smallest absolute Gasteiger partial charge is 0.142 e. The zero-order valence-electron chi connectivity index (χ0n) is 10.9. The van der Waals surface area contributed by atoms with E-state index in [1.165, 1.54) is 0 Å². The molecule has 1 heterocycles. The van der Waals surface area contributed by atoms with Crippen molar-refractivity contribution < 1.29 is 0 Å². The minimum atomic E-state index is 0.493. The zero-order chi connectivity index (χ0) is 14.3. The maximum absolute atomic E-state index is 5.80. The summed E-state index contributed by atoms with van der Waals surface area (Å²) >= 11 is 7.11. The molecule has 0 radical (unpaired) electrons. The van der Waals surface area contributed by atoms with Crippen LogP contribution in [0.5, 0.6) is 0 Å². The van der Waals surface area contributed by atoms with Crippen molar-refractivity contribution in [3.8, 4) is 11.4 Å². The van der Waals surface area contributed by atoms with E-state index in [0.29, 0.717) is 6.54 Å². The van der Waals surface area contributed by atoms with Crippen molar-refractivity contribution in [2.24, 2.45) is 12.8 Å². The maximum Gasteiger partial charge on any atom is 0.142 e. The first kappa shape index (κ1) is 13.8. The van der Waals surface area contributed by atoms with E-state index >= 15 is 0 Å². The van der Waals surface area contributed by atoms with E-state index in [2.05, 4.69) is 48.6 Å². The van der Waals surface area contributed by atoms with E-state index in [1.54, 1.807) is 0 Å².